The highest BCUT2D eigenvalue weighted by Crippen LogP contribution is 2.38. The Labute approximate surface area is 125 Å². The summed E-state index contributed by atoms with van der Waals surface area (Å²) in [6.45, 7) is 3.50. The van der Waals surface area contributed by atoms with Crippen molar-refractivity contribution in [1.82, 2.24) is 10.6 Å². The van der Waals surface area contributed by atoms with Crippen molar-refractivity contribution in [3.05, 3.63) is 17.7 Å². The molecule has 2 N–H and O–H groups in total. The van der Waals surface area contributed by atoms with Crippen molar-refractivity contribution in [3.63, 3.8) is 0 Å². The Bertz CT molecular complexity index is 452. The lowest BCUT2D eigenvalue weighted by Gasteiger charge is -2.15. The molecule has 6 nitrogen and oxygen atoms in total. The van der Waals surface area contributed by atoms with Gasteiger partial charge in [0.05, 0.1) is 21.3 Å². The molecule has 1 aromatic carbocycles. The fourth-order valence-electron chi connectivity index (χ4n) is 2.00. The summed E-state index contributed by atoms with van der Waals surface area (Å²) in [4.78, 5) is 12.2. The van der Waals surface area contributed by atoms with E-state index in [1.807, 2.05) is 7.05 Å². The van der Waals surface area contributed by atoms with Crippen molar-refractivity contribution in [2.75, 3.05) is 41.5 Å². The quantitative estimate of drug-likeness (QED) is 0.757. The zero-order valence-corrected chi connectivity index (χ0v) is 13.3. The summed E-state index contributed by atoms with van der Waals surface area (Å²) in [5, 5.41) is 5.97. The molecule has 0 bridgehead atoms. The van der Waals surface area contributed by atoms with Gasteiger partial charge in [0.15, 0.2) is 11.5 Å². The van der Waals surface area contributed by atoms with Crippen LogP contribution in [0.25, 0.3) is 0 Å². The van der Waals surface area contributed by atoms with E-state index in [4.69, 9.17) is 14.2 Å². The van der Waals surface area contributed by atoms with Crippen LogP contribution in [0.4, 0.5) is 0 Å². The summed E-state index contributed by atoms with van der Waals surface area (Å²) >= 11 is 0. The number of ether oxygens (including phenoxy) is 3. The molecule has 6 heteroatoms. The first-order valence-electron chi connectivity index (χ1n) is 6.80. The van der Waals surface area contributed by atoms with Crippen molar-refractivity contribution in [2.45, 2.75) is 6.92 Å². The number of carbonyl (C=O) groups is 1. The number of hydrogen-bond acceptors (Lipinski definition) is 5. The van der Waals surface area contributed by atoms with Crippen LogP contribution in [-0.4, -0.2) is 47.4 Å². The molecule has 1 atom stereocenters. The van der Waals surface area contributed by atoms with Gasteiger partial charge in [-0.3, -0.25) is 4.79 Å². The van der Waals surface area contributed by atoms with Gasteiger partial charge in [-0.2, -0.15) is 0 Å². The molecule has 21 heavy (non-hydrogen) atoms. The largest absolute Gasteiger partial charge is 0.493 e. The van der Waals surface area contributed by atoms with Crippen molar-refractivity contribution in [2.24, 2.45) is 5.92 Å². The van der Waals surface area contributed by atoms with Crippen LogP contribution >= 0.6 is 0 Å². The van der Waals surface area contributed by atoms with Crippen LogP contribution in [0.5, 0.6) is 17.2 Å². The molecule has 0 spiro atoms. The summed E-state index contributed by atoms with van der Waals surface area (Å²) in [7, 11) is 6.46. The molecule has 1 rings (SSSR count). The van der Waals surface area contributed by atoms with Gasteiger partial charge in [0, 0.05) is 12.1 Å². The predicted molar refractivity (Wildman–Crippen MR) is 81.5 cm³/mol. The third-order valence-electron chi connectivity index (χ3n) is 3.09. The minimum absolute atomic E-state index is 0.169. The Kier molecular flexibility index (Phi) is 6.81. The number of amides is 1. The zero-order chi connectivity index (χ0) is 15.8. The van der Waals surface area contributed by atoms with Crippen LogP contribution in [0.3, 0.4) is 0 Å². The predicted octanol–water partition coefficient (Wildman–Crippen LogP) is 1.30. The van der Waals surface area contributed by atoms with E-state index in [-0.39, 0.29) is 5.91 Å². The molecule has 1 unspecified atom stereocenters. The van der Waals surface area contributed by atoms with E-state index in [1.54, 1.807) is 12.1 Å². The Morgan fingerprint density at radius 2 is 1.67 bits per heavy atom. The van der Waals surface area contributed by atoms with Crippen LogP contribution in [0, 0.1) is 5.92 Å². The highest BCUT2D eigenvalue weighted by Gasteiger charge is 2.17. The standard InChI is InChI=1S/C15H24N2O4/c1-10(8-16-2)9-17-15(18)11-6-12(19-3)14(21-5)13(7-11)20-4/h6-7,10,16H,8-9H2,1-5H3,(H,17,18). The van der Waals surface area contributed by atoms with Gasteiger partial charge in [0.25, 0.3) is 5.91 Å². The minimum atomic E-state index is -0.169. The highest BCUT2D eigenvalue weighted by molar-refractivity contribution is 5.95. The van der Waals surface area contributed by atoms with Crippen LogP contribution in [0.15, 0.2) is 12.1 Å². The van der Waals surface area contributed by atoms with Crippen LogP contribution in [-0.2, 0) is 0 Å². The Morgan fingerprint density at radius 3 is 2.10 bits per heavy atom. The second-order valence-corrected chi connectivity index (χ2v) is 4.79. The van der Waals surface area contributed by atoms with Crippen molar-refractivity contribution in [3.8, 4) is 17.2 Å². The summed E-state index contributed by atoms with van der Waals surface area (Å²) in [5.74, 6) is 1.58. The molecular weight excluding hydrogens is 272 g/mol. The summed E-state index contributed by atoms with van der Waals surface area (Å²) in [6.07, 6.45) is 0. The van der Waals surface area contributed by atoms with Gasteiger partial charge in [-0.25, -0.2) is 0 Å². The number of carbonyl (C=O) groups excluding carboxylic acids is 1. The normalized spacial score (nSPS) is 11.7. The molecule has 0 radical (unpaired) electrons. The molecule has 0 aliphatic rings. The molecular formula is C15H24N2O4. The van der Waals surface area contributed by atoms with E-state index in [1.165, 1.54) is 21.3 Å². The molecule has 1 amide bonds. The van der Waals surface area contributed by atoms with Crippen molar-refractivity contribution < 1.29 is 19.0 Å². The lowest BCUT2D eigenvalue weighted by molar-refractivity contribution is 0.0947. The van der Waals surface area contributed by atoms with Gasteiger partial charge in [-0.15, -0.1) is 0 Å². The average molecular weight is 296 g/mol. The first-order chi connectivity index (χ1) is 10.1. The molecule has 118 valence electrons. The molecule has 1 aromatic rings. The minimum Gasteiger partial charge on any atom is -0.493 e. The maximum Gasteiger partial charge on any atom is 0.251 e. The van der Waals surface area contributed by atoms with E-state index in [9.17, 15) is 4.79 Å². The molecule has 0 aromatic heterocycles. The van der Waals surface area contributed by atoms with Gasteiger partial charge < -0.3 is 24.8 Å². The Balaban J connectivity index is 2.89. The molecule has 0 aliphatic carbocycles. The zero-order valence-electron chi connectivity index (χ0n) is 13.3. The fourth-order valence-corrected chi connectivity index (χ4v) is 2.00. The van der Waals surface area contributed by atoms with E-state index in [0.29, 0.717) is 35.3 Å². The summed E-state index contributed by atoms with van der Waals surface area (Å²) < 4.78 is 15.7. The second-order valence-electron chi connectivity index (χ2n) is 4.79. The monoisotopic (exact) mass is 296 g/mol. The first-order valence-corrected chi connectivity index (χ1v) is 6.80. The smallest absolute Gasteiger partial charge is 0.251 e. The van der Waals surface area contributed by atoms with E-state index >= 15 is 0 Å². The van der Waals surface area contributed by atoms with Gasteiger partial charge in [0.2, 0.25) is 5.75 Å². The number of rotatable bonds is 8. The fraction of sp³-hybridized carbons (Fsp3) is 0.533. The van der Waals surface area contributed by atoms with Crippen LogP contribution in [0.2, 0.25) is 0 Å². The van der Waals surface area contributed by atoms with Gasteiger partial charge in [0.1, 0.15) is 0 Å². The highest BCUT2D eigenvalue weighted by atomic mass is 16.5. The molecule has 0 saturated heterocycles. The Morgan fingerprint density at radius 1 is 1.10 bits per heavy atom. The Hall–Kier alpha value is -1.95. The average Bonchev–Trinajstić information content (AvgIpc) is 2.51. The van der Waals surface area contributed by atoms with E-state index in [0.717, 1.165) is 6.54 Å². The maximum absolute atomic E-state index is 12.2. The van der Waals surface area contributed by atoms with Crippen molar-refractivity contribution in [1.29, 1.82) is 0 Å². The summed E-state index contributed by atoms with van der Waals surface area (Å²) in [5.41, 5.74) is 0.473. The van der Waals surface area contributed by atoms with Gasteiger partial charge >= 0.3 is 0 Å². The molecule has 0 saturated carbocycles. The number of hydrogen-bond donors (Lipinski definition) is 2. The molecule has 0 fully saturated rings. The van der Waals surface area contributed by atoms with Crippen LogP contribution < -0.4 is 24.8 Å². The number of benzene rings is 1. The van der Waals surface area contributed by atoms with E-state index < -0.39 is 0 Å². The third-order valence-corrected chi connectivity index (χ3v) is 3.09. The number of methoxy groups -OCH3 is 3. The van der Waals surface area contributed by atoms with Crippen LogP contribution in [0.1, 0.15) is 17.3 Å². The first kappa shape index (κ1) is 17.1. The van der Waals surface area contributed by atoms with Gasteiger partial charge in [-0.05, 0) is 31.6 Å². The topological polar surface area (TPSA) is 68.8 Å². The maximum atomic E-state index is 12.2. The summed E-state index contributed by atoms with van der Waals surface area (Å²) in [6, 6.07) is 3.28. The lowest BCUT2D eigenvalue weighted by Crippen LogP contribution is -2.32. The second kappa shape index (κ2) is 8.36. The SMILES string of the molecule is CNCC(C)CNC(=O)c1cc(OC)c(OC)c(OC)c1. The molecule has 0 heterocycles. The molecule has 0 aliphatic heterocycles. The van der Waals surface area contributed by atoms with Crippen molar-refractivity contribution >= 4 is 5.91 Å². The lowest BCUT2D eigenvalue weighted by atomic mass is 10.1. The van der Waals surface area contributed by atoms with E-state index in [2.05, 4.69) is 17.6 Å². The number of nitrogens with one attached hydrogen (secondary N) is 2. The third kappa shape index (κ3) is 4.53. The van der Waals surface area contributed by atoms with Gasteiger partial charge in [-0.1, -0.05) is 6.92 Å².